The maximum absolute atomic E-state index is 14.2. The topological polar surface area (TPSA) is 117 Å². The lowest BCUT2D eigenvalue weighted by atomic mass is 10.1. The van der Waals surface area contributed by atoms with E-state index in [0.29, 0.717) is 43.9 Å². The van der Waals surface area contributed by atoms with Crippen LogP contribution in [0.25, 0.3) is 0 Å². The predicted molar refractivity (Wildman–Crippen MR) is 166 cm³/mol. The second-order valence-electron chi connectivity index (χ2n) is 12.1. The van der Waals surface area contributed by atoms with E-state index >= 15 is 0 Å². The third kappa shape index (κ3) is 7.34. The molecule has 3 aromatic carbocycles. The number of sulfonamides is 1. The van der Waals surface area contributed by atoms with Crippen LogP contribution in [0.2, 0.25) is 0 Å². The number of aliphatic carboxylic acids is 1. The maximum atomic E-state index is 14.2. The van der Waals surface area contributed by atoms with Crippen LogP contribution in [0, 0.1) is 0 Å². The molecule has 0 aliphatic carbocycles. The zero-order chi connectivity index (χ0) is 31.5. The van der Waals surface area contributed by atoms with Gasteiger partial charge in [0.1, 0.15) is 11.4 Å². The van der Waals surface area contributed by atoms with E-state index in [9.17, 15) is 23.1 Å². The summed E-state index contributed by atoms with van der Waals surface area (Å²) in [7, 11) is -3.97. The molecule has 1 unspecified atom stereocenters. The molecule has 3 aromatic rings. The standard InChI is InChI=1S/C33H39N3O7S/c1-33(2,3)43-32(39)35-19-17-34(18-20-35)28-12-8-7-11-25(28)23-36(16-15-24-9-5-4-6-10-24)44(40,41)27-13-14-29-26(21-27)22-30(42-29)31(37)38/h4-14,21,30H,15-20,22-23H2,1-3H3,(H,37,38). The molecule has 0 bridgehead atoms. The average Bonchev–Trinajstić information content (AvgIpc) is 3.43. The smallest absolute Gasteiger partial charge is 0.410 e. The number of carbonyl (C=O) groups is 2. The molecule has 0 radical (unpaired) electrons. The second-order valence-corrected chi connectivity index (χ2v) is 14.0. The molecule has 0 saturated carbocycles. The molecule has 234 valence electrons. The van der Waals surface area contributed by atoms with Crippen molar-refractivity contribution in [1.29, 1.82) is 0 Å². The number of carboxylic acids is 1. The summed E-state index contributed by atoms with van der Waals surface area (Å²) in [6.07, 6.45) is -0.736. The molecule has 1 N–H and O–H groups in total. The fourth-order valence-electron chi connectivity index (χ4n) is 5.45. The number of anilines is 1. The summed E-state index contributed by atoms with van der Waals surface area (Å²) >= 11 is 0. The molecule has 5 rings (SSSR count). The second kappa shape index (κ2) is 12.9. The van der Waals surface area contributed by atoms with Gasteiger partial charge < -0.3 is 24.4 Å². The maximum Gasteiger partial charge on any atom is 0.410 e. The lowest BCUT2D eigenvalue weighted by Crippen LogP contribution is -2.50. The summed E-state index contributed by atoms with van der Waals surface area (Å²) in [5, 5.41) is 9.38. The zero-order valence-electron chi connectivity index (χ0n) is 25.3. The molecule has 1 atom stereocenters. The van der Waals surface area contributed by atoms with Crippen molar-refractivity contribution in [3.8, 4) is 5.75 Å². The average molecular weight is 622 g/mol. The van der Waals surface area contributed by atoms with Gasteiger partial charge in [-0.1, -0.05) is 48.5 Å². The molecule has 0 aromatic heterocycles. The van der Waals surface area contributed by atoms with Gasteiger partial charge in [0.15, 0.2) is 6.10 Å². The van der Waals surface area contributed by atoms with Gasteiger partial charge in [0.2, 0.25) is 10.0 Å². The van der Waals surface area contributed by atoms with Crippen LogP contribution in [0.4, 0.5) is 10.5 Å². The van der Waals surface area contributed by atoms with Crippen LogP contribution < -0.4 is 9.64 Å². The van der Waals surface area contributed by atoms with Gasteiger partial charge in [-0.3, -0.25) is 0 Å². The number of nitrogens with zero attached hydrogens (tertiary/aromatic N) is 3. The van der Waals surface area contributed by atoms with Gasteiger partial charge >= 0.3 is 12.1 Å². The summed E-state index contributed by atoms with van der Waals surface area (Å²) in [5.41, 5.74) is 2.78. The number of piperazine rings is 1. The Morgan fingerprint density at radius 2 is 1.66 bits per heavy atom. The molecule has 2 aliphatic rings. The fourth-order valence-corrected chi connectivity index (χ4v) is 6.92. The summed E-state index contributed by atoms with van der Waals surface area (Å²) in [6.45, 7) is 8.09. The number of fused-ring (bicyclic) bond motifs is 1. The molecule has 2 heterocycles. The molecular formula is C33H39N3O7S. The third-order valence-electron chi connectivity index (χ3n) is 7.72. The normalized spacial score (nSPS) is 16.9. The van der Waals surface area contributed by atoms with Crippen molar-refractivity contribution < 1.29 is 32.6 Å². The Bertz CT molecular complexity index is 1600. The Labute approximate surface area is 258 Å². The number of hydrogen-bond acceptors (Lipinski definition) is 7. The Kier molecular flexibility index (Phi) is 9.17. The van der Waals surface area contributed by atoms with E-state index in [2.05, 4.69) is 4.90 Å². The fraction of sp³-hybridized carbons (Fsp3) is 0.394. The van der Waals surface area contributed by atoms with Gasteiger partial charge in [0.05, 0.1) is 4.90 Å². The Balaban J connectivity index is 1.38. The number of benzene rings is 3. The van der Waals surface area contributed by atoms with Crippen LogP contribution in [-0.4, -0.2) is 79.2 Å². The van der Waals surface area contributed by atoms with E-state index in [1.807, 2.05) is 75.4 Å². The lowest BCUT2D eigenvalue weighted by Gasteiger charge is -2.38. The van der Waals surface area contributed by atoms with Crippen LogP contribution >= 0.6 is 0 Å². The minimum absolute atomic E-state index is 0.0995. The number of para-hydroxylation sites is 1. The van der Waals surface area contributed by atoms with Crippen molar-refractivity contribution in [3.63, 3.8) is 0 Å². The van der Waals surface area contributed by atoms with Crippen molar-refractivity contribution in [2.75, 3.05) is 37.6 Å². The number of amides is 1. The van der Waals surface area contributed by atoms with E-state index in [1.54, 1.807) is 11.0 Å². The number of ether oxygens (including phenoxy) is 2. The van der Waals surface area contributed by atoms with Gasteiger partial charge in [0.25, 0.3) is 0 Å². The minimum atomic E-state index is -3.97. The van der Waals surface area contributed by atoms with Crippen LogP contribution in [0.5, 0.6) is 5.75 Å². The molecule has 1 amide bonds. The van der Waals surface area contributed by atoms with Crippen molar-refractivity contribution in [2.24, 2.45) is 0 Å². The summed E-state index contributed by atoms with van der Waals surface area (Å²) < 4.78 is 40.9. The highest BCUT2D eigenvalue weighted by molar-refractivity contribution is 7.89. The highest BCUT2D eigenvalue weighted by atomic mass is 32.2. The van der Waals surface area contributed by atoms with E-state index < -0.39 is 27.7 Å². The van der Waals surface area contributed by atoms with Crippen LogP contribution in [0.1, 0.15) is 37.5 Å². The monoisotopic (exact) mass is 621 g/mol. The number of rotatable bonds is 9. The highest BCUT2D eigenvalue weighted by Gasteiger charge is 2.33. The third-order valence-corrected chi connectivity index (χ3v) is 9.56. The van der Waals surface area contributed by atoms with Crippen molar-refractivity contribution in [3.05, 3.63) is 89.5 Å². The summed E-state index contributed by atoms with van der Waals surface area (Å²) in [5.74, 6) is -0.693. The Morgan fingerprint density at radius 1 is 0.977 bits per heavy atom. The molecule has 44 heavy (non-hydrogen) atoms. The molecule has 1 fully saturated rings. The first-order valence-electron chi connectivity index (χ1n) is 14.8. The minimum Gasteiger partial charge on any atom is -0.478 e. The molecule has 0 spiro atoms. The van der Waals surface area contributed by atoms with Gasteiger partial charge in [-0.2, -0.15) is 4.31 Å². The molecular weight excluding hydrogens is 582 g/mol. The van der Waals surface area contributed by atoms with Crippen LogP contribution in [0.15, 0.2) is 77.7 Å². The molecule has 10 nitrogen and oxygen atoms in total. The van der Waals surface area contributed by atoms with E-state index in [1.165, 1.54) is 16.4 Å². The quantitative estimate of drug-likeness (QED) is 0.370. The van der Waals surface area contributed by atoms with Gasteiger partial charge in [0, 0.05) is 51.4 Å². The highest BCUT2D eigenvalue weighted by Crippen LogP contribution is 2.33. The van der Waals surface area contributed by atoms with Crippen molar-refractivity contribution >= 4 is 27.8 Å². The number of carboxylic acid groups (broad SMARTS) is 1. The number of hydrogen-bond donors (Lipinski definition) is 1. The van der Waals surface area contributed by atoms with Crippen LogP contribution in [-0.2, 0) is 38.9 Å². The first-order chi connectivity index (χ1) is 20.9. The molecule has 11 heteroatoms. The summed E-state index contributed by atoms with van der Waals surface area (Å²) in [6, 6.07) is 22.0. The SMILES string of the molecule is CC(C)(C)OC(=O)N1CCN(c2ccccc2CN(CCc2ccccc2)S(=O)(=O)c2ccc3c(c2)CC(C(=O)O)O3)CC1. The van der Waals surface area contributed by atoms with Gasteiger partial charge in [-0.15, -0.1) is 0 Å². The predicted octanol–water partition coefficient (Wildman–Crippen LogP) is 4.57. The van der Waals surface area contributed by atoms with Crippen molar-refractivity contribution in [2.45, 2.75) is 56.8 Å². The molecule has 1 saturated heterocycles. The first kappa shape index (κ1) is 31.3. The van der Waals surface area contributed by atoms with Crippen molar-refractivity contribution in [1.82, 2.24) is 9.21 Å². The zero-order valence-corrected chi connectivity index (χ0v) is 26.1. The largest absolute Gasteiger partial charge is 0.478 e. The first-order valence-corrected chi connectivity index (χ1v) is 16.2. The Morgan fingerprint density at radius 3 is 2.34 bits per heavy atom. The molecule has 2 aliphatic heterocycles. The van der Waals surface area contributed by atoms with Gasteiger partial charge in [-0.05, 0) is 68.1 Å². The number of carbonyl (C=O) groups excluding carboxylic acids is 1. The lowest BCUT2D eigenvalue weighted by molar-refractivity contribution is -0.144. The van der Waals surface area contributed by atoms with E-state index in [4.69, 9.17) is 9.47 Å². The summed E-state index contributed by atoms with van der Waals surface area (Å²) in [4.78, 5) is 28.0. The Hall–Kier alpha value is -4.09. The van der Waals surface area contributed by atoms with E-state index in [-0.39, 0.29) is 30.5 Å². The van der Waals surface area contributed by atoms with Crippen LogP contribution in [0.3, 0.4) is 0 Å². The van der Waals surface area contributed by atoms with Gasteiger partial charge in [-0.25, -0.2) is 18.0 Å². The van der Waals surface area contributed by atoms with E-state index in [0.717, 1.165) is 16.8 Å².